The lowest BCUT2D eigenvalue weighted by Gasteiger charge is -2.31. The van der Waals surface area contributed by atoms with Crippen LogP contribution in [-0.4, -0.2) is 57.4 Å². The molecule has 0 aromatic heterocycles. The molecule has 2 N–H and O–H groups in total. The fourth-order valence-corrected chi connectivity index (χ4v) is 4.53. The van der Waals surface area contributed by atoms with Gasteiger partial charge in [0.25, 0.3) is 5.91 Å². The SMILES string of the molecule is CCC[C@H](C)NC(=O)C[NH+]1CCN(S(=O)(=O)c2cccc(F)c2)CC1. The van der Waals surface area contributed by atoms with E-state index in [0.29, 0.717) is 32.7 Å². The van der Waals surface area contributed by atoms with Gasteiger partial charge in [0.15, 0.2) is 6.54 Å². The number of carbonyl (C=O) groups is 1. The van der Waals surface area contributed by atoms with Crippen molar-refractivity contribution in [2.24, 2.45) is 0 Å². The second-order valence-corrected chi connectivity index (χ2v) is 8.48. The second kappa shape index (κ2) is 8.73. The van der Waals surface area contributed by atoms with Crippen LogP contribution in [0.3, 0.4) is 0 Å². The van der Waals surface area contributed by atoms with E-state index in [9.17, 15) is 17.6 Å². The molecule has 1 amide bonds. The Hall–Kier alpha value is -1.51. The quantitative estimate of drug-likeness (QED) is 0.709. The van der Waals surface area contributed by atoms with Crippen molar-refractivity contribution >= 4 is 15.9 Å². The van der Waals surface area contributed by atoms with Crippen LogP contribution in [0.15, 0.2) is 29.2 Å². The first-order chi connectivity index (χ1) is 11.8. The van der Waals surface area contributed by atoms with Crippen molar-refractivity contribution < 1.29 is 22.5 Å². The molecule has 140 valence electrons. The zero-order chi connectivity index (χ0) is 18.4. The third-order valence-electron chi connectivity index (χ3n) is 4.40. The van der Waals surface area contributed by atoms with Crippen molar-refractivity contribution in [1.82, 2.24) is 9.62 Å². The summed E-state index contributed by atoms with van der Waals surface area (Å²) in [5.41, 5.74) is 0. The minimum Gasteiger partial charge on any atom is -0.349 e. The van der Waals surface area contributed by atoms with Crippen LogP contribution in [0.1, 0.15) is 26.7 Å². The molecule has 1 aromatic rings. The van der Waals surface area contributed by atoms with Gasteiger partial charge in [-0.1, -0.05) is 19.4 Å². The van der Waals surface area contributed by atoms with Crippen LogP contribution in [0.2, 0.25) is 0 Å². The highest BCUT2D eigenvalue weighted by atomic mass is 32.2. The number of sulfonamides is 1. The molecule has 0 saturated carbocycles. The summed E-state index contributed by atoms with van der Waals surface area (Å²) in [6, 6.07) is 5.22. The van der Waals surface area contributed by atoms with Crippen LogP contribution in [0.25, 0.3) is 0 Å². The second-order valence-electron chi connectivity index (χ2n) is 6.55. The molecule has 0 bridgehead atoms. The van der Waals surface area contributed by atoms with Crippen LogP contribution in [-0.2, 0) is 14.8 Å². The highest BCUT2D eigenvalue weighted by Gasteiger charge is 2.31. The number of amides is 1. The topological polar surface area (TPSA) is 70.9 Å². The standard InChI is InChI=1S/C17H26FN3O3S/c1-3-5-14(2)19-17(22)13-20-8-10-21(11-9-20)25(23,24)16-7-4-6-15(18)12-16/h4,6-7,12,14H,3,5,8-11,13H2,1-2H3,(H,19,22)/p+1/t14-/m0/s1. The van der Waals surface area contributed by atoms with Crippen molar-refractivity contribution in [3.05, 3.63) is 30.1 Å². The fourth-order valence-electron chi connectivity index (χ4n) is 3.05. The summed E-state index contributed by atoms with van der Waals surface area (Å²) < 4.78 is 39.8. The van der Waals surface area contributed by atoms with E-state index < -0.39 is 15.8 Å². The lowest BCUT2D eigenvalue weighted by molar-refractivity contribution is -0.895. The summed E-state index contributed by atoms with van der Waals surface area (Å²) in [4.78, 5) is 13.1. The first kappa shape index (κ1) is 19.8. The molecular weight excluding hydrogens is 345 g/mol. The zero-order valence-electron chi connectivity index (χ0n) is 14.8. The summed E-state index contributed by atoms with van der Waals surface area (Å²) >= 11 is 0. The molecule has 1 atom stereocenters. The smallest absolute Gasteiger partial charge is 0.275 e. The Balaban J connectivity index is 1.88. The Morgan fingerprint density at radius 3 is 2.64 bits per heavy atom. The number of halogens is 1. The number of nitrogens with zero attached hydrogens (tertiary/aromatic N) is 1. The number of quaternary nitrogens is 1. The number of nitrogens with one attached hydrogen (secondary N) is 2. The van der Waals surface area contributed by atoms with Gasteiger partial charge in [0.2, 0.25) is 10.0 Å². The predicted molar refractivity (Wildman–Crippen MR) is 93.2 cm³/mol. The van der Waals surface area contributed by atoms with Crippen molar-refractivity contribution in [2.45, 2.75) is 37.6 Å². The molecule has 1 aromatic carbocycles. The van der Waals surface area contributed by atoms with E-state index in [0.717, 1.165) is 23.8 Å². The third kappa shape index (κ3) is 5.49. The number of carbonyl (C=O) groups excluding carboxylic acids is 1. The van der Waals surface area contributed by atoms with Gasteiger partial charge in [-0.2, -0.15) is 4.31 Å². The van der Waals surface area contributed by atoms with E-state index in [1.54, 1.807) is 0 Å². The van der Waals surface area contributed by atoms with Crippen LogP contribution >= 0.6 is 0 Å². The highest BCUT2D eigenvalue weighted by Crippen LogP contribution is 2.16. The molecule has 2 rings (SSSR count). The predicted octanol–water partition coefficient (Wildman–Crippen LogP) is 0.0197. The molecule has 1 aliphatic heterocycles. The van der Waals surface area contributed by atoms with E-state index in [2.05, 4.69) is 12.2 Å². The number of hydrogen-bond acceptors (Lipinski definition) is 3. The Bertz CT molecular complexity index is 688. The number of benzene rings is 1. The van der Waals surface area contributed by atoms with Gasteiger partial charge in [0.05, 0.1) is 31.1 Å². The number of rotatable bonds is 7. The van der Waals surface area contributed by atoms with Crippen molar-refractivity contribution in [3.8, 4) is 0 Å². The fraction of sp³-hybridized carbons (Fsp3) is 0.588. The lowest BCUT2D eigenvalue weighted by Crippen LogP contribution is -3.15. The molecule has 1 fully saturated rings. The van der Waals surface area contributed by atoms with Crippen LogP contribution in [0.4, 0.5) is 4.39 Å². The molecule has 0 radical (unpaired) electrons. The van der Waals surface area contributed by atoms with Crippen LogP contribution < -0.4 is 10.2 Å². The Labute approximate surface area is 149 Å². The number of hydrogen-bond donors (Lipinski definition) is 2. The monoisotopic (exact) mass is 372 g/mol. The van der Waals surface area contributed by atoms with Gasteiger partial charge >= 0.3 is 0 Å². The normalized spacial score (nSPS) is 18.0. The van der Waals surface area contributed by atoms with Crippen LogP contribution in [0.5, 0.6) is 0 Å². The summed E-state index contributed by atoms with van der Waals surface area (Å²) in [7, 11) is -3.68. The number of piperazine rings is 1. The largest absolute Gasteiger partial charge is 0.349 e. The summed E-state index contributed by atoms with van der Waals surface area (Å²) in [5, 5.41) is 2.97. The van der Waals surface area contributed by atoms with Gasteiger partial charge in [-0.05, 0) is 31.5 Å². The van der Waals surface area contributed by atoms with E-state index in [1.807, 2.05) is 6.92 Å². The van der Waals surface area contributed by atoms with Crippen LogP contribution in [0, 0.1) is 5.82 Å². The average molecular weight is 372 g/mol. The Kier molecular flexibility index (Phi) is 6.92. The summed E-state index contributed by atoms with van der Waals surface area (Å²) in [6.45, 7) is 6.18. The van der Waals surface area contributed by atoms with Gasteiger partial charge in [0, 0.05) is 6.04 Å². The maximum absolute atomic E-state index is 13.3. The Morgan fingerprint density at radius 2 is 2.04 bits per heavy atom. The molecule has 1 saturated heterocycles. The maximum Gasteiger partial charge on any atom is 0.275 e. The first-order valence-corrected chi connectivity index (χ1v) is 10.2. The zero-order valence-corrected chi connectivity index (χ0v) is 15.6. The van der Waals surface area contributed by atoms with E-state index in [4.69, 9.17) is 0 Å². The lowest BCUT2D eigenvalue weighted by atomic mass is 10.2. The molecule has 0 unspecified atom stereocenters. The van der Waals surface area contributed by atoms with Gasteiger partial charge in [-0.15, -0.1) is 0 Å². The van der Waals surface area contributed by atoms with Gasteiger partial charge < -0.3 is 10.2 Å². The van der Waals surface area contributed by atoms with E-state index in [1.165, 1.54) is 22.5 Å². The minimum absolute atomic E-state index is 0.00242. The van der Waals surface area contributed by atoms with E-state index >= 15 is 0 Å². The minimum atomic E-state index is -3.68. The molecule has 0 spiro atoms. The highest BCUT2D eigenvalue weighted by molar-refractivity contribution is 7.89. The molecule has 8 heteroatoms. The molecule has 1 aliphatic rings. The van der Waals surface area contributed by atoms with Crippen molar-refractivity contribution in [3.63, 3.8) is 0 Å². The molecule has 0 aliphatic carbocycles. The van der Waals surface area contributed by atoms with E-state index in [-0.39, 0.29) is 16.8 Å². The van der Waals surface area contributed by atoms with Gasteiger partial charge in [0.1, 0.15) is 5.82 Å². The van der Waals surface area contributed by atoms with Crippen molar-refractivity contribution in [1.29, 1.82) is 0 Å². The summed E-state index contributed by atoms with van der Waals surface area (Å²) in [5.74, 6) is -0.569. The Morgan fingerprint density at radius 1 is 1.36 bits per heavy atom. The molecular formula is C17H27FN3O3S+. The molecule has 25 heavy (non-hydrogen) atoms. The first-order valence-electron chi connectivity index (χ1n) is 8.71. The van der Waals surface area contributed by atoms with Crippen molar-refractivity contribution in [2.75, 3.05) is 32.7 Å². The molecule has 1 heterocycles. The molecule has 6 nitrogen and oxygen atoms in total. The van der Waals surface area contributed by atoms with Gasteiger partial charge in [-0.25, -0.2) is 12.8 Å². The van der Waals surface area contributed by atoms with Gasteiger partial charge in [-0.3, -0.25) is 4.79 Å². The summed E-state index contributed by atoms with van der Waals surface area (Å²) in [6.07, 6.45) is 1.96. The maximum atomic E-state index is 13.3. The third-order valence-corrected chi connectivity index (χ3v) is 6.30. The average Bonchev–Trinajstić information content (AvgIpc) is 2.55.